The van der Waals surface area contributed by atoms with Crippen molar-refractivity contribution in [2.45, 2.75) is 40.0 Å². The summed E-state index contributed by atoms with van der Waals surface area (Å²) in [6.07, 6.45) is 4.48. The summed E-state index contributed by atoms with van der Waals surface area (Å²) in [7, 11) is 0. The van der Waals surface area contributed by atoms with Gasteiger partial charge in [-0.05, 0) is 36.0 Å². The topological polar surface area (TPSA) is 0 Å². The van der Waals surface area contributed by atoms with E-state index >= 15 is 0 Å². The first kappa shape index (κ1) is 5.76. The van der Waals surface area contributed by atoms with Gasteiger partial charge in [0.1, 0.15) is 0 Å². The van der Waals surface area contributed by atoms with Gasteiger partial charge in [-0.2, -0.15) is 0 Å². The molecule has 2 fully saturated rings. The van der Waals surface area contributed by atoms with Crippen LogP contribution in [0.2, 0.25) is 0 Å². The molecule has 2 atom stereocenters. The number of rotatable bonds is 0. The van der Waals surface area contributed by atoms with Crippen molar-refractivity contribution in [3.05, 3.63) is 0 Å². The molecule has 0 bridgehead atoms. The minimum Gasteiger partial charge on any atom is -0.0596 e. The molecule has 0 aromatic carbocycles. The lowest BCUT2D eigenvalue weighted by molar-refractivity contribution is -0.172. The predicted molar refractivity (Wildman–Crippen MR) is 39.2 cm³/mol. The molecule has 2 rings (SSSR count). The van der Waals surface area contributed by atoms with Crippen LogP contribution < -0.4 is 0 Å². The molecule has 0 nitrogen and oxygen atoms in total. The van der Waals surface area contributed by atoms with Crippen LogP contribution in [-0.4, -0.2) is 0 Å². The van der Waals surface area contributed by atoms with Gasteiger partial charge in [0.15, 0.2) is 0 Å². The lowest BCUT2D eigenvalue weighted by atomic mass is 9.38. The summed E-state index contributed by atoms with van der Waals surface area (Å²) in [6, 6.07) is 0. The summed E-state index contributed by atoms with van der Waals surface area (Å²) < 4.78 is 0. The molecule has 0 aromatic rings. The summed E-state index contributed by atoms with van der Waals surface area (Å²) in [5.74, 6) is 1.07. The maximum atomic E-state index is 2.45. The Kier molecular flexibility index (Phi) is 0.774. The minimum atomic E-state index is 0.701. The van der Waals surface area contributed by atoms with Crippen LogP contribution in [0, 0.1) is 16.7 Å². The van der Waals surface area contributed by atoms with Gasteiger partial charge in [-0.1, -0.05) is 20.8 Å². The molecule has 2 saturated carbocycles. The standard InChI is InChI=1S/C9H16/c1-8(2)6-9(3)5-4-7(8)9/h7H,4-6H2,1-3H3/t7-,9?/m0/s1. The lowest BCUT2D eigenvalue weighted by Crippen LogP contribution is -2.58. The highest BCUT2D eigenvalue weighted by Crippen LogP contribution is 2.69. The molecule has 0 heteroatoms. The molecule has 0 heterocycles. The van der Waals surface area contributed by atoms with Crippen LogP contribution >= 0.6 is 0 Å². The first-order valence-electron chi connectivity index (χ1n) is 4.05. The molecule has 0 spiro atoms. The van der Waals surface area contributed by atoms with E-state index in [0.717, 1.165) is 11.3 Å². The summed E-state index contributed by atoms with van der Waals surface area (Å²) in [4.78, 5) is 0. The second-order valence-electron chi connectivity index (χ2n) is 4.91. The summed E-state index contributed by atoms with van der Waals surface area (Å²) >= 11 is 0. The molecule has 52 valence electrons. The molecular weight excluding hydrogens is 108 g/mol. The maximum Gasteiger partial charge on any atom is -0.0287 e. The minimum absolute atomic E-state index is 0.701. The largest absolute Gasteiger partial charge is 0.0596 e. The van der Waals surface area contributed by atoms with E-state index in [0.29, 0.717) is 5.41 Å². The van der Waals surface area contributed by atoms with E-state index in [9.17, 15) is 0 Å². The van der Waals surface area contributed by atoms with Crippen LogP contribution in [0.1, 0.15) is 40.0 Å². The van der Waals surface area contributed by atoms with Crippen LogP contribution in [0.3, 0.4) is 0 Å². The average Bonchev–Trinajstić information content (AvgIpc) is 1.60. The van der Waals surface area contributed by atoms with Gasteiger partial charge in [0.05, 0.1) is 0 Å². The van der Waals surface area contributed by atoms with E-state index < -0.39 is 0 Å². The third-order valence-corrected chi connectivity index (χ3v) is 3.65. The number of hydrogen-bond acceptors (Lipinski definition) is 0. The maximum absolute atomic E-state index is 2.45. The molecule has 2 aliphatic carbocycles. The molecule has 0 aromatic heterocycles. The molecule has 1 unspecified atom stereocenters. The second kappa shape index (κ2) is 1.21. The zero-order valence-electron chi connectivity index (χ0n) is 6.70. The highest BCUT2D eigenvalue weighted by Gasteiger charge is 2.60. The highest BCUT2D eigenvalue weighted by molar-refractivity contribution is 5.10. The van der Waals surface area contributed by atoms with Gasteiger partial charge >= 0.3 is 0 Å². The van der Waals surface area contributed by atoms with Crippen LogP contribution in [0.5, 0.6) is 0 Å². The van der Waals surface area contributed by atoms with Gasteiger partial charge in [-0.25, -0.2) is 0 Å². The van der Waals surface area contributed by atoms with E-state index in [4.69, 9.17) is 0 Å². The van der Waals surface area contributed by atoms with Gasteiger partial charge in [0, 0.05) is 0 Å². The smallest absolute Gasteiger partial charge is 0.0287 e. The Morgan fingerprint density at radius 1 is 1.22 bits per heavy atom. The fraction of sp³-hybridized carbons (Fsp3) is 1.00. The van der Waals surface area contributed by atoms with Gasteiger partial charge < -0.3 is 0 Å². The fourth-order valence-electron chi connectivity index (χ4n) is 3.36. The summed E-state index contributed by atoms with van der Waals surface area (Å²) in [5.41, 5.74) is 1.50. The molecule has 0 amide bonds. The molecule has 0 saturated heterocycles. The highest BCUT2D eigenvalue weighted by atomic mass is 14.6. The Morgan fingerprint density at radius 2 is 1.89 bits per heavy atom. The van der Waals surface area contributed by atoms with Crippen molar-refractivity contribution in [1.82, 2.24) is 0 Å². The third-order valence-electron chi connectivity index (χ3n) is 3.65. The van der Waals surface area contributed by atoms with E-state index in [-0.39, 0.29) is 0 Å². The Morgan fingerprint density at radius 3 is 1.89 bits per heavy atom. The predicted octanol–water partition coefficient (Wildman–Crippen LogP) is 2.83. The van der Waals surface area contributed by atoms with Crippen LogP contribution in [0.15, 0.2) is 0 Å². The van der Waals surface area contributed by atoms with Gasteiger partial charge in [0.25, 0.3) is 0 Å². The lowest BCUT2D eigenvalue weighted by Gasteiger charge is -2.67. The van der Waals surface area contributed by atoms with Crippen molar-refractivity contribution >= 4 is 0 Å². The zero-order valence-corrected chi connectivity index (χ0v) is 6.70. The second-order valence-corrected chi connectivity index (χ2v) is 4.91. The first-order chi connectivity index (χ1) is 4.05. The monoisotopic (exact) mass is 124 g/mol. The SMILES string of the molecule is CC1(C)CC2(C)CC[C@@H]12. The molecule has 2 aliphatic rings. The Hall–Kier alpha value is 0. The molecule has 0 radical (unpaired) electrons. The molecular formula is C9H16. The molecule has 9 heavy (non-hydrogen) atoms. The molecule has 0 N–H and O–H groups in total. The van der Waals surface area contributed by atoms with E-state index in [2.05, 4.69) is 20.8 Å². The first-order valence-corrected chi connectivity index (χ1v) is 4.05. The van der Waals surface area contributed by atoms with Crippen molar-refractivity contribution in [3.8, 4) is 0 Å². The Balaban J connectivity index is 2.14. The Bertz CT molecular complexity index is 137. The van der Waals surface area contributed by atoms with Crippen molar-refractivity contribution < 1.29 is 0 Å². The van der Waals surface area contributed by atoms with Crippen molar-refractivity contribution in [2.75, 3.05) is 0 Å². The summed E-state index contributed by atoms with van der Waals surface area (Å²) in [5, 5.41) is 0. The molecule has 0 aliphatic heterocycles. The van der Waals surface area contributed by atoms with Crippen molar-refractivity contribution in [3.63, 3.8) is 0 Å². The summed E-state index contributed by atoms with van der Waals surface area (Å²) in [6.45, 7) is 7.28. The van der Waals surface area contributed by atoms with Crippen molar-refractivity contribution in [2.24, 2.45) is 16.7 Å². The quantitative estimate of drug-likeness (QED) is 0.466. The third kappa shape index (κ3) is 0.500. The van der Waals surface area contributed by atoms with E-state index in [1.165, 1.54) is 19.3 Å². The Labute approximate surface area is 57.6 Å². The number of hydrogen-bond donors (Lipinski definition) is 0. The van der Waals surface area contributed by atoms with Gasteiger partial charge in [0.2, 0.25) is 0 Å². The van der Waals surface area contributed by atoms with Crippen LogP contribution in [0.4, 0.5) is 0 Å². The van der Waals surface area contributed by atoms with Crippen molar-refractivity contribution in [1.29, 1.82) is 0 Å². The number of fused-ring (bicyclic) bond motifs is 1. The van der Waals surface area contributed by atoms with E-state index in [1.54, 1.807) is 0 Å². The normalized spacial score (nSPS) is 53.0. The van der Waals surface area contributed by atoms with Gasteiger partial charge in [-0.15, -0.1) is 0 Å². The fourth-order valence-corrected chi connectivity index (χ4v) is 3.36. The van der Waals surface area contributed by atoms with E-state index in [1.807, 2.05) is 0 Å². The van der Waals surface area contributed by atoms with Crippen LogP contribution in [-0.2, 0) is 0 Å². The van der Waals surface area contributed by atoms with Crippen LogP contribution in [0.25, 0.3) is 0 Å². The van der Waals surface area contributed by atoms with Gasteiger partial charge in [-0.3, -0.25) is 0 Å². The average molecular weight is 124 g/mol. The zero-order chi connectivity index (χ0) is 6.70.